The minimum atomic E-state index is -0.00411. The number of carbonyl (C=O) groups excluding carboxylic acids is 1. The number of aldehydes is 1. The van der Waals surface area contributed by atoms with Gasteiger partial charge in [-0.1, -0.05) is 32.6 Å². The Morgan fingerprint density at radius 3 is 2.09 bits per heavy atom. The molecule has 3 nitrogen and oxygen atoms in total. The molecule has 0 saturated heterocycles. The molecule has 128 valence electrons. The van der Waals surface area contributed by atoms with Gasteiger partial charge >= 0.3 is 0 Å². The highest BCUT2D eigenvalue weighted by Gasteiger charge is 2.39. The van der Waals surface area contributed by atoms with Crippen LogP contribution in [0.25, 0.3) is 0 Å². The van der Waals surface area contributed by atoms with Crippen molar-refractivity contribution in [2.45, 2.75) is 64.1 Å². The van der Waals surface area contributed by atoms with Gasteiger partial charge in [0.25, 0.3) is 0 Å². The van der Waals surface area contributed by atoms with E-state index in [1.165, 1.54) is 57.0 Å². The molecule has 0 bridgehead atoms. The minimum Gasteiger partial charge on any atom is -0.303 e. The van der Waals surface area contributed by atoms with E-state index in [1.54, 1.807) is 0 Å². The van der Waals surface area contributed by atoms with Gasteiger partial charge in [0.1, 0.15) is 18.5 Å². The first-order valence-electron chi connectivity index (χ1n) is 8.04. The van der Waals surface area contributed by atoms with E-state index in [9.17, 15) is 4.79 Å². The first-order chi connectivity index (χ1) is 10.7. The third-order valence-electron chi connectivity index (χ3n) is 5.52. The lowest BCUT2D eigenvalue weighted by Gasteiger charge is -2.40. The summed E-state index contributed by atoms with van der Waals surface area (Å²) in [6.07, 6.45) is 9.61. The van der Waals surface area contributed by atoms with Crippen molar-refractivity contribution in [3.8, 4) is 0 Å². The lowest BCUT2D eigenvalue weighted by molar-refractivity contribution is -0.115. The largest absolute Gasteiger partial charge is 0.303 e. The Labute approximate surface area is 166 Å². The van der Waals surface area contributed by atoms with Crippen LogP contribution in [0.5, 0.6) is 0 Å². The molecule has 0 radical (unpaired) electrons. The summed E-state index contributed by atoms with van der Waals surface area (Å²) in [7, 11) is 2.77. The van der Waals surface area contributed by atoms with Crippen LogP contribution < -0.4 is 0 Å². The predicted molar refractivity (Wildman–Crippen MR) is 111 cm³/mol. The van der Waals surface area contributed by atoms with Crippen molar-refractivity contribution in [3.05, 3.63) is 0 Å². The molecule has 0 aromatic rings. The van der Waals surface area contributed by atoms with Crippen LogP contribution in [0.1, 0.15) is 51.9 Å². The molecule has 0 aromatic carbocycles. The Kier molecular flexibility index (Phi) is 9.74. The fourth-order valence-electron chi connectivity index (χ4n) is 3.53. The second-order valence-electron chi connectivity index (χ2n) is 6.60. The van der Waals surface area contributed by atoms with Gasteiger partial charge in [0.2, 0.25) is 0 Å². The molecule has 0 aliphatic heterocycles. The van der Waals surface area contributed by atoms with Crippen molar-refractivity contribution in [2.24, 2.45) is 23.7 Å². The van der Waals surface area contributed by atoms with Crippen molar-refractivity contribution in [2.75, 3.05) is 0 Å². The highest BCUT2D eigenvalue weighted by molar-refractivity contribution is 14.2. The van der Waals surface area contributed by atoms with E-state index in [4.69, 9.17) is 8.37 Å². The molecule has 2 fully saturated rings. The third-order valence-corrected chi connectivity index (χ3v) is 7.38. The highest BCUT2D eigenvalue weighted by atomic mass is 127. The SMILES string of the molecule is CC(C1CCC1)C(OSI)C(CC(C=O)C1CCC1)OSI. The van der Waals surface area contributed by atoms with Crippen LogP contribution >= 0.6 is 60.8 Å². The van der Waals surface area contributed by atoms with Gasteiger partial charge in [0.05, 0.1) is 18.4 Å². The van der Waals surface area contributed by atoms with Crippen LogP contribution in [0, 0.1) is 23.7 Å². The lowest BCUT2D eigenvalue weighted by atomic mass is 9.71. The molecular formula is C15H24I2O3S2. The maximum atomic E-state index is 11.5. The first-order valence-corrected chi connectivity index (χ1v) is 14.6. The summed E-state index contributed by atoms with van der Waals surface area (Å²) < 4.78 is 11.9. The predicted octanol–water partition coefficient (Wildman–Crippen LogP) is 6.19. The van der Waals surface area contributed by atoms with E-state index in [0.29, 0.717) is 11.8 Å². The Morgan fingerprint density at radius 2 is 1.68 bits per heavy atom. The summed E-state index contributed by atoms with van der Waals surface area (Å²) in [6.45, 7) is 2.29. The van der Waals surface area contributed by atoms with Crippen molar-refractivity contribution < 1.29 is 13.2 Å². The van der Waals surface area contributed by atoms with E-state index < -0.39 is 0 Å². The molecule has 0 amide bonds. The minimum absolute atomic E-state index is 0.00411. The Hall–Kier alpha value is 1.75. The summed E-state index contributed by atoms with van der Waals surface area (Å²) in [5.74, 6) is 1.92. The van der Waals surface area contributed by atoms with Crippen LogP contribution in [0.2, 0.25) is 0 Å². The Balaban J connectivity index is 2.01. The summed E-state index contributed by atoms with van der Waals surface area (Å²) in [6, 6.07) is 0. The second-order valence-corrected chi connectivity index (χ2v) is 9.39. The van der Waals surface area contributed by atoms with Gasteiger partial charge in [-0.3, -0.25) is 8.37 Å². The van der Waals surface area contributed by atoms with Gasteiger partial charge < -0.3 is 4.79 Å². The van der Waals surface area contributed by atoms with Gasteiger partial charge in [-0.05, 0) is 37.0 Å². The molecular weight excluding hydrogens is 546 g/mol. The average Bonchev–Trinajstić information content (AvgIpc) is 2.39. The first kappa shape index (κ1) is 20.1. The van der Waals surface area contributed by atoms with Crippen LogP contribution in [-0.4, -0.2) is 18.5 Å². The van der Waals surface area contributed by atoms with Crippen LogP contribution in [-0.2, 0) is 13.2 Å². The van der Waals surface area contributed by atoms with Gasteiger partial charge in [0.15, 0.2) is 0 Å². The molecule has 4 unspecified atom stereocenters. The molecule has 2 saturated carbocycles. The van der Waals surface area contributed by atoms with E-state index in [0.717, 1.165) is 18.6 Å². The van der Waals surface area contributed by atoms with Crippen molar-refractivity contribution in [1.29, 1.82) is 0 Å². The van der Waals surface area contributed by atoms with Crippen LogP contribution in [0.15, 0.2) is 0 Å². The van der Waals surface area contributed by atoms with E-state index >= 15 is 0 Å². The summed E-state index contributed by atoms with van der Waals surface area (Å²) in [5.41, 5.74) is 0. The highest BCUT2D eigenvalue weighted by Crippen LogP contribution is 2.42. The lowest BCUT2D eigenvalue weighted by Crippen LogP contribution is -2.41. The van der Waals surface area contributed by atoms with Crippen LogP contribution in [0.4, 0.5) is 0 Å². The molecule has 7 heteroatoms. The normalized spacial score (nSPS) is 24.9. The number of rotatable bonds is 11. The van der Waals surface area contributed by atoms with E-state index in [1.807, 2.05) is 0 Å². The van der Waals surface area contributed by atoms with Crippen molar-refractivity contribution in [1.82, 2.24) is 0 Å². The van der Waals surface area contributed by atoms with E-state index in [2.05, 4.69) is 49.3 Å². The van der Waals surface area contributed by atoms with E-state index in [-0.39, 0.29) is 18.1 Å². The van der Waals surface area contributed by atoms with Gasteiger partial charge in [-0.2, -0.15) is 0 Å². The molecule has 0 N–H and O–H groups in total. The molecule has 0 heterocycles. The maximum absolute atomic E-state index is 11.5. The zero-order chi connectivity index (χ0) is 15.9. The monoisotopic (exact) mass is 570 g/mol. The third kappa shape index (κ3) is 5.37. The smallest absolute Gasteiger partial charge is 0.123 e. The maximum Gasteiger partial charge on any atom is 0.123 e. The zero-order valence-electron chi connectivity index (χ0n) is 12.8. The summed E-state index contributed by atoms with van der Waals surface area (Å²) in [5, 5.41) is 0. The standard InChI is InChI=1S/C15H24I2O3S2/c1-10(11-4-2-5-11)15(20-22-17)14(19-21-16)8-13(9-18)12-6-3-7-12/h9-15H,2-8H2,1H3. The average molecular weight is 570 g/mol. The molecule has 2 aliphatic rings. The molecule has 2 rings (SSSR count). The number of hydrogen-bond donors (Lipinski definition) is 0. The fourth-order valence-corrected chi connectivity index (χ4v) is 5.72. The van der Waals surface area contributed by atoms with Gasteiger partial charge in [-0.15, -0.1) is 0 Å². The number of halogens is 2. The number of carbonyl (C=O) groups is 1. The topological polar surface area (TPSA) is 35.5 Å². The fraction of sp³-hybridized carbons (Fsp3) is 0.933. The molecule has 0 aromatic heterocycles. The van der Waals surface area contributed by atoms with Gasteiger partial charge in [0, 0.05) is 48.3 Å². The molecule has 22 heavy (non-hydrogen) atoms. The summed E-state index contributed by atoms with van der Waals surface area (Å²) >= 11 is 4.36. The summed E-state index contributed by atoms with van der Waals surface area (Å²) in [4.78, 5) is 11.5. The quantitative estimate of drug-likeness (QED) is 0.168. The van der Waals surface area contributed by atoms with Crippen molar-refractivity contribution >= 4 is 67.1 Å². The molecule has 2 aliphatic carbocycles. The second kappa shape index (κ2) is 10.7. The molecule has 4 atom stereocenters. The van der Waals surface area contributed by atoms with Crippen LogP contribution in [0.3, 0.4) is 0 Å². The molecule has 0 spiro atoms. The van der Waals surface area contributed by atoms with Crippen molar-refractivity contribution in [3.63, 3.8) is 0 Å². The zero-order valence-corrected chi connectivity index (χ0v) is 18.7. The van der Waals surface area contributed by atoms with Gasteiger partial charge in [-0.25, -0.2) is 0 Å². The number of hydrogen-bond acceptors (Lipinski definition) is 5. The Bertz CT molecular complexity index is 341. The Morgan fingerprint density at radius 1 is 1.09 bits per heavy atom.